The Morgan fingerprint density at radius 2 is 1.73 bits per heavy atom. The van der Waals surface area contributed by atoms with Gasteiger partial charge < -0.3 is 14.8 Å². The van der Waals surface area contributed by atoms with Crippen LogP contribution in [0.5, 0.6) is 11.5 Å². The van der Waals surface area contributed by atoms with E-state index >= 15 is 0 Å². The lowest BCUT2D eigenvalue weighted by Crippen LogP contribution is -2.15. The first-order valence-corrected chi connectivity index (χ1v) is 10.1. The quantitative estimate of drug-likeness (QED) is 0.435. The predicted octanol–water partition coefficient (Wildman–Crippen LogP) is 4.99. The number of hydrogen-bond acceptors (Lipinski definition) is 4. The van der Waals surface area contributed by atoms with Crippen LogP contribution in [-0.4, -0.2) is 29.7 Å². The lowest BCUT2D eigenvalue weighted by atomic mass is 10.1. The Morgan fingerprint density at radius 3 is 2.47 bits per heavy atom. The first kappa shape index (κ1) is 20.0. The van der Waals surface area contributed by atoms with Crippen LogP contribution in [0.25, 0.3) is 16.7 Å². The number of hydrogen-bond donors (Lipinski definition) is 1. The summed E-state index contributed by atoms with van der Waals surface area (Å²) in [5.74, 6) is 1.07. The van der Waals surface area contributed by atoms with Gasteiger partial charge in [0.25, 0.3) is 0 Å². The third-order valence-electron chi connectivity index (χ3n) is 4.79. The molecule has 0 bridgehead atoms. The molecule has 0 fully saturated rings. The van der Waals surface area contributed by atoms with Crippen molar-refractivity contribution < 1.29 is 14.3 Å². The summed E-state index contributed by atoms with van der Waals surface area (Å²) in [5, 5.41) is 2.94. The highest BCUT2D eigenvalue weighted by Gasteiger charge is 2.13. The summed E-state index contributed by atoms with van der Waals surface area (Å²) in [7, 11) is 3.15. The van der Waals surface area contributed by atoms with Crippen molar-refractivity contribution in [2.75, 3.05) is 19.5 Å². The number of imidazole rings is 1. The van der Waals surface area contributed by atoms with Gasteiger partial charge in [0.05, 0.1) is 31.7 Å². The third kappa shape index (κ3) is 4.02. The van der Waals surface area contributed by atoms with Gasteiger partial charge in [0.2, 0.25) is 5.91 Å². The summed E-state index contributed by atoms with van der Waals surface area (Å²) in [6.45, 7) is 0. The highest BCUT2D eigenvalue weighted by Crippen LogP contribution is 2.33. The van der Waals surface area contributed by atoms with Gasteiger partial charge in [-0.05, 0) is 54.1 Å². The summed E-state index contributed by atoms with van der Waals surface area (Å²) in [6.07, 6.45) is 2.00. The predicted molar refractivity (Wildman–Crippen MR) is 121 cm³/mol. The molecule has 152 valence electrons. The molecule has 4 aromatic rings. The molecule has 4 rings (SSSR count). The molecule has 7 heteroatoms. The molecule has 0 aliphatic carbocycles. The molecule has 0 saturated heterocycles. The zero-order chi connectivity index (χ0) is 21.1. The van der Waals surface area contributed by atoms with Gasteiger partial charge in [-0.2, -0.15) is 0 Å². The average Bonchev–Trinajstić information content (AvgIpc) is 3.19. The topological polar surface area (TPSA) is 65.4 Å². The van der Waals surface area contributed by atoms with E-state index in [-0.39, 0.29) is 12.3 Å². The number of carbonyl (C=O) groups excluding carboxylic acids is 1. The molecular weight excluding hydrogens is 446 g/mol. The Balaban J connectivity index is 1.48. The van der Waals surface area contributed by atoms with Crippen LogP contribution in [-0.2, 0) is 11.2 Å². The van der Waals surface area contributed by atoms with E-state index in [1.54, 1.807) is 32.7 Å². The second kappa shape index (κ2) is 8.59. The van der Waals surface area contributed by atoms with Crippen molar-refractivity contribution in [2.24, 2.45) is 0 Å². The third-order valence-corrected chi connectivity index (χ3v) is 5.52. The summed E-state index contributed by atoms with van der Waals surface area (Å²) >= 11 is 3.49. The molecule has 0 radical (unpaired) electrons. The molecule has 1 heterocycles. The second-order valence-electron chi connectivity index (χ2n) is 6.67. The number of aromatic nitrogens is 2. The summed E-state index contributed by atoms with van der Waals surface area (Å²) in [6, 6.07) is 19.2. The van der Waals surface area contributed by atoms with E-state index in [1.165, 1.54) is 0 Å². The fourth-order valence-electron chi connectivity index (χ4n) is 3.28. The van der Waals surface area contributed by atoms with Crippen molar-refractivity contribution in [3.05, 3.63) is 77.0 Å². The molecule has 1 N–H and O–H groups in total. The van der Waals surface area contributed by atoms with Crippen molar-refractivity contribution in [3.63, 3.8) is 0 Å². The van der Waals surface area contributed by atoms with Crippen molar-refractivity contribution in [1.29, 1.82) is 0 Å². The van der Waals surface area contributed by atoms with Crippen LogP contribution >= 0.6 is 15.9 Å². The molecule has 1 amide bonds. The zero-order valence-electron chi connectivity index (χ0n) is 16.6. The maximum Gasteiger partial charge on any atom is 0.228 e. The molecule has 0 spiro atoms. The van der Waals surface area contributed by atoms with Crippen molar-refractivity contribution in [1.82, 2.24) is 9.55 Å². The number of para-hydroxylation sites is 2. The number of ether oxygens (including phenoxy) is 2. The molecule has 0 unspecified atom stereocenters. The minimum Gasteiger partial charge on any atom is -0.493 e. The average molecular weight is 466 g/mol. The maximum absolute atomic E-state index is 12.6. The smallest absolute Gasteiger partial charge is 0.228 e. The number of fused-ring (bicyclic) bond motifs is 1. The molecule has 30 heavy (non-hydrogen) atoms. The number of anilines is 1. The van der Waals surface area contributed by atoms with E-state index in [9.17, 15) is 4.79 Å². The zero-order valence-corrected chi connectivity index (χ0v) is 18.1. The Labute approximate surface area is 182 Å². The van der Waals surface area contributed by atoms with Crippen LogP contribution in [0.3, 0.4) is 0 Å². The van der Waals surface area contributed by atoms with E-state index in [4.69, 9.17) is 9.47 Å². The number of carbonyl (C=O) groups is 1. The number of methoxy groups -OCH3 is 2. The molecule has 0 saturated carbocycles. The van der Waals surface area contributed by atoms with Gasteiger partial charge in [0.15, 0.2) is 11.5 Å². The summed E-state index contributed by atoms with van der Waals surface area (Å²) < 4.78 is 13.4. The second-order valence-corrected chi connectivity index (χ2v) is 7.53. The largest absolute Gasteiger partial charge is 0.493 e. The van der Waals surface area contributed by atoms with E-state index < -0.39 is 0 Å². The van der Waals surface area contributed by atoms with Crippen molar-refractivity contribution >= 4 is 38.6 Å². The minimum absolute atomic E-state index is 0.122. The fourth-order valence-corrected chi connectivity index (χ4v) is 3.74. The van der Waals surface area contributed by atoms with Crippen LogP contribution in [0.1, 0.15) is 5.56 Å². The van der Waals surface area contributed by atoms with Gasteiger partial charge in [0, 0.05) is 15.8 Å². The van der Waals surface area contributed by atoms with Crippen LogP contribution < -0.4 is 14.8 Å². The highest BCUT2D eigenvalue weighted by molar-refractivity contribution is 9.10. The molecule has 3 aromatic carbocycles. The number of benzene rings is 3. The minimum atomic E-state index is -0.122. The van der Waals surface area contributed by atoms with Gasteiger partial charge in [-0.25, -0.2) is 4.98 Å². The van der Waals surface area contributed by atoms with Crippen molar-refractivity contribution in [3.8, 4) is 17.2 Å². The summed E-state index contributed by atoms with van der Waals surface area (Å²) in [5.41, 5.74) is 4.49. The van der Waals surface area contributed by atoms with E-state index in [1.807, 2.05) is 53.1 Å². The Bertz CT molecular complexity index is 1200. The Kier molecular flexibility index (Phi) is 5.72. The van der Waals surface area contributed by atoms with Crippen LogP contribution in [0.4, 0.5) is 5.69 Å². The van der Waals surface area contributed by atoms with E-state index in [0.717, 1.165) is 32.4 Å². The molecule has 0 aliphatic rings. The van der Waals surface area contributed by atoms with E-state index in [2.05, 4.69) is 26.2 Å². The molecule has 0 aliphatic heterocycles. The SMILES string of the molecule is COc1cc(Br)c(CC(=O)Nc2ccc(-n3cnc4ccccc43)cc2)cc1OC. The lowest BCUT2D eigenvalue weighted by molar-refractivity contribution is -0.115. The Morgan fingerprint density at radius 1 is 1.03 bits per heavy atom. The Hall–Kier alpha value is -3.32. The van der Waals surface area contributed by atoms with Crippen LogP contribution in [0, 0.1) is 0 Å². The summed E-state index contributed by atoms with van der Waals surface area (Å²) in [4.78, 5) is 17.0. The van der Waals surface area contributed by atoms with Crippen LogP contribution in [0.2, 0.25) is 0 Å². The highest BCUT2D eigenvalue weighted by atomic mass is 79.9. The van der Waals surface area contributed by atoms with E-state index in [0.29, 0.717) is 11.5 Å². The molecule has 0 atom stereocenters. The monoisotopic (exact) mass is 465 g/mol. The van der Waals surface area contributed by atoms with Crippen molar-refractivity contribution in [2.45, 2.75) is 6.42 Å². The van der Waals surface area contributed by atoms with Crippen LogP contribution in [0.15, 0.2) is 71.5 Å². The van der Waals surface area contributed by atoms with Gasteiger partial charge in [-0.3, -0.25) is 9.36 Å². The number of halogens is 1. The number of amides is 1. The molecule has 6 nitrogen and oxygen atoms in total. The maximum atomic E-state index is 12.6. The fraction of sp³-hybridized carbons (Fsp3) is 0.130. The van der Waals surface area contributed by atoms with Gasteiger partial charge in [-0.15, -0.1) is 0 Å². The normalized spacial score (nSPS) is 10.8. The van der Waals surface area contributed by atoms with Gasteiger partial charge in [0.1, 0.15) is 6.33 Å². The molecular formula is C23H20BrN3O3. The number of nitrogens with zero attached hydrogens (tertiary/aromatic N) is 2. The van der Waals surface area contributed by atoms with Gasteiger partial charge >= 0.3 is 0 Å². The first-order chi connectivity index (χ1) is 14.6. The number of rotatable bonds is 6. The standard InChI is InChI=1S/C23H20BrN3O3/c1-29-21-11-15(18(24)13-22(21)30-2)12-23(28)26-16-7-9-17(10-8-16)27-14-25-19-5-3-4-6-20(19)27/h3-11,13-14H,12H2,1-2H3,(H,26,28). The number of nitrogens with one attached hydrogen (secondary N) is 1. The van der Waals surface area contributed by atoms with Gasteiger partial charge in [-0.1, -0.05) is 28.1 Å². The lowest BCUT2D eigenvalue weighted by Gasteiger charge is -2.12. The molecule has 1 aromatic heterocycles. The first-order valence-electron chi connectivity index (χ1n) is 9.32.